The molecule has 2 aromatic rings. The van der Waals surface area contributed by atoms with E-state index in [1.165, 1.54) is 32.1 Å². The molecule has 0 spiro atoms. The highest BCUT2D eigenvalue weighted by atomic mass is 35.5. The monoisotopic (exact) mass is 287 g/mol. The maximum atomic E-state index is 6.06. The molecule has 1 aliphatic carbocycles. The van der Waals surface area contributed by atoms with Crippen LogP contribution in [-0.2, 0) is 0 Å². The van der Waals surface area contributed by atoms with Crippen molar-refractivity contribution >= 4 is 17.4 Å². The third-order valence-corrected chi connectivity index (χ3v) is 3.89. The van der Waals surface area contributed by atoms with E-state index < -0.39 is 0 Å². The lowest BCUT2D eigenvalue weighted by Gasteiger charge is -2.23. The van der Waals surface area contributed by atoms with Gasteiger partial charge in [0.05, 0.1) is 5.69 Å². The van der Waals surface area contributed by atoms with Crippen LogP contribution in [0.2, 0.25) is 5.28 Å². The van der Waals surface area contributed by atoms with Crippen molar-refractivity contribution in [2.45, 2.75) is 38.1 Å². The van der Waals surface area contributed by atoms with Crippen molar-refractivity contribution in [3.63, 3.8) is 0 Å². The van der Waals surface area contributed by atoms with Gasteiger partial charge in [-0.15, -0.1) is 0 Å². The van der Waals surface area contributed by atoms with Crippen molar-refractivity contribution in [1.29, 1.82) is 0 Å². The van der Waals surface area contributed by atoms with Crippen LogP contribution in [0.3, 0.4) is 0 Å². The van der Waals surface area contributed by atoms with Crippen molar-refractivity contribution in [2.24, 2.45) is 0 Å². The zero-order valence-electron chi connectivity index (χ0n) is 11.3. The van der Waals surface area contributed by atoms with E-state index in [-0.39, 0.29) is 0 Å². The first kappa shape index (κ1) is 13.4. The first-order valence-corrected chi connectivity index (χ1v) is 7.55. The lowest BCUT2D eigenvalue weighted by Crippen LogP contribution is -2.22. The lowest BCUT2D eigenvalue weighted by molar-refractivity contribution is 0.462. The molecule has 1 fully saturated rings. The normalized spacial score (nSPS) is 16.1. The van der Waals surface area contributed by atoms with Crippen LogP contribution in [0.4, 0.5) is 5.82 Å². The predicted molar refractivity (Wildman–Crippen MR) is 83.0 cm³/mol. The maximum absolute atomic E-state index is 6.06. The molecule has 0 aliphatic heterocycles. The summed E-state index contributed by atoms with van der Waals surface area (Å²) in [6.45, 7) is 0. The van der Waals surface area contributed by atoms with Gasteiger partial charge in [-0.1, -0.05) is 49.6 Å². The summed E-state index contributed by atoms with van der Waals surface area (Å²) in [6.07, 6.45) is 6.35. The van der Waals surface area contributed by atoms with E-state index >= 15 is 0 Å². The number of benzene rings is 1. The molecule has 20 heavy (non-hydrogen) atoms. The van der Waals surface area contributed by atoms with E-state index in [4.69, 9.17) is 11.6 Å². The minimum Gasteiger partial charge on any atom is -0.367 e. The SMILES string of the molecule is Clc1nc(NC2CCCCC2)cc(-c2ccccc2)n1. The fraction of sp³-hybridized carbons (Fsp3) is 0.375. The minimum absolute atomic E-state index is 0.296. The Hall–Kier alpha value is -1.61. The predicted octanol–water partition coefficient (Wildman–Crippen LogP) is 4.54. The lowest BCUT2D eigenvalue weighted by atomic mass is 9.95. The van der Waals surface area contributed by atoms with Gasteiger partial charge in [-0.2, -0.15) is 0 Å². The first-order chi connectivity index (χ1) is 9.81. The van der Waals surface area contributed by atoms with Crippen LogP contribution in [0.25, 0.3) is 11.3 Å². The van der Waals surface area contributed by atoms with Crippen molar-refractivity contribution in [2.75, 3.05) is 5.32 Å². The van der Waals surface area contributed by atoms with Crippen molar-refractivity contribution in [3.05, 3.63) is 41.7 Å². The largest absolute Gasteiger partial charge is 0.367 e. The van der Waals surface area contributed by atoms with Gasteiger partial charge < -0.3 is 5.32 Å². The van der Waals surface area contributed by atoms with Crippen LogP contribution >= 0.6 is 11.6 Å². The Balaban J connectivity index is 1.83. The van der Waals surface area contributed by atoms with E-state index in [1.807, 2.05) is 36.4 Å². The molecule has 1 aliphatic rings. The molecule has 0 saturated heterocycles. The summed E-state index contributed by atoms with van der Waals surface area (Å²) >= 11 is 6.06. The van der Waals surface area contributed by atoms with Gasteiger partial charge in [0.15, 0.2) is 0 Å². The van der Waals surface area contributed by atoms with Crippen LogP contribution in [0.1, 0.15) is 32.1 Å². The van der Waals surface area contributed by atoms with Gasteiger partial charge in [-0.25, -0.2) is 9.97 Å². The Morgan fingerprint density at radius 3 is 2.50 bits per heavy atom. The number of hydrogen-bond acceptors (Lipinski definition) is 3. The minimum atomic E-state index is 0.296. The highest BCUT2D eigenvalue weighted by Crippen LogP contribution is 2.24. The van der Waals surface area contributed by atoms with Crippen LogP contribution in [0, 0.1) is 0 Å². The fourth-order valence-corrected chi connectivity index (χ4v) is 2.89. The number of nitrogens with one attached hydrogen (secondary N) is 1. The average Bonchev–Trinajstić information content (AvgIpc) is 2.49. The second kappa shape index (κ2) is 6.23. The number of hydrogen-bond donors (Lipinski definition) is 1. The molecule has 1 aromatic heterocycles. The second-order valence-corrected chi connectivity index (χ2v) is 5.59. The number of nitrogens with zero attached hydrogens (tertiary/aromatic N) is 2. The molecule has 0 unspecified atom stereocenters. The van der Waals surface area contributed by atoms with E-state index in [9.17, 15) is 0 Å². The molecule has 1 saturated carbocycles. The van der Waals surface area contributed by atoms with Gasteiger partial charge in [0.2, 0.25) is 5.28 Å². The van der Waals surface area contributed by atoms with Gasteiger partial charge in [-0.05, 0) is 24.4 Å². The summed E-state index contributed by atoms with van der Waals surface area (Å²) in [7, 11) is 0. The topological polar surface area (TPSA) is 37.8 Å². The van der Waals surface area contributed by atoms with Crippen molar-refractivity contribution < 1.29 is 0 Å². The third-order valence-electron chi connectivity index (χ3n) is 3.73. The van der Waals surface area contributed by atoms with Gasteiger partial charge in [0.1, 0.15) is 5.82 Å². The smallest absolute Gasteiger partial charge is 0.224 e. The second-order valence-electron chi connectivity index (χ2n) is 5.25. The number of rotatable bonds is 3. The summed E-state index contributed by atoms with van der Waals surface area (Å²) in [4.78, 5) is 8.61. The van der Waals surface area contributed by atoms with E-state index in [0.717, 1.165) is 17.1 Å². The summed E-state index contributed by atoms with van der Waals surface area (Å²) in [6, 6.07) is 12.5. The summed E-state index contributed by atoms with van der Waals surface area (Å²) in [5.74, 6) is 0.829. The molecule has 0 amide bonds. The number of aromatic nitrogens is 2. The highest BCUT2D eigenvalue weighted by Gasteiger charge is 2.14. The Labute approximate surface area is 124 Å². The van der Waals surface area contributed by atoms with E-state index in [2.05, 4.69) is 15.3 Å². The Bertz CT molecular complexity index is 565. The van der Waals surface area contributed by atoms with Gasteiger partial charge in [-0.3, -0.25) is 0 Å². The molecule has 0 radical (unpaired) electrons. The summed E-state index contributed by atoms with van der Waals surface area (Å²) in [5.41, 5.74) is 1.92. The molecule has 4 heteroatoms. The average molecular weight is 288 g/mol. The Morgan fingerprint density at radius 2 is 1.75 bits per heavy atom. The molecule has 104 valence electrons. The van der Waals surface area contributed by atoms with E-state index in [1.54, 1.807) is 0 Å². The zero-order valence-corrected chi connectivity index (χ0v) is 12.1. The molecule has 3 nitrogen and oxygen atoms in total. The standard InChI is InChI=1S/C16H18ClN3/c17-16-19-14(12-7-3-1-4-8-12)11-15(20-16)18-13-9-5-2-6-10-13/h1,3-4,7-8,11,13H,2,5-6,9-10H2,(H,18,19,20). The van der Waals surface area contributed by atoms with E-state index in [0.29, 0.717) is 11.3 Å². The van der Waals surface area contributed by atoms with Crippen molar-refractivity contribution in [1.82, 2.24) is 9.97 Å². The van der Waals surface area contributed by atoms with Crippen LogP contribution in [0.15, 0.2) is 36.4 Å². The highest BCUT2D eigenvalue weighted by molar-refractivity contribution is 6.28. The van der Waals surface area contributed by atoms with Gasteiger partial charge in [0, 0.05) is 17.7 Å². The molecule has 1 heterocycles. The van der Waals surface area contributed by atoms with Crippen LogP contribution in [0.5, 0.6) is 0 Å². The molecular formula is C16H18ClN3. The zero-order chi connectivity index (χ0) is 13.8. The number of anilines is 1. The third kappa shape index (κ3) is 3.28. The quantitative estimate of drug-likeness (QED) is 0.842. The Kier molecular flexibility index (Phi) is 4.16. The summed E-state index contributed by atoms with van der Waals surface area (Å²) in [5, 5.41) is 3.79. The molecule has 0 bridgehead atoms. The maximum Gasteiger partial charge on any atom is 0.224 e. The van der Waals surface area contributed by atoms with Crippen LogP contribution in [-0.4, -0.2) is 16.0 Å². The van der Waals surface area contributed by atoms with Crippen molar-refractivity contribution in [3.8, 4) is 11.3 Å². The molecular weight excluding hydrogens is 270 g/mol. The molecule has 0 atom stereocenters. The molecule has 3 rings (SSSR count). The molecule has 1 aromatic carbocycles. The van der Waals surface area contributed by atoms with Gasteiger partial charge >= 0.3 is 0 Å². The molecule has 1 N–H and O–H groups in total. The number of halogens is 1. The van der Waals surface area contributed by atoms with Crippen LogP contribution < -0.4 is 5.32 Å². The Morgan fingerprint density at radius 1 is 1.00 bits per heavy atom. The first-order valence-electron chi connectivity index (χ1n) is 7.18. The van der Waals surface area contributed by atoms with Gasteiger partial charge in [0.25, 0.3) is 0 Å². The fourth-order valence-electron chi connectivity index (χ4n) is 2.70. The summed E-state index contributed by atoms with van der Waals surface area (Å²) < 4.78 is 0.